The van der Waals surface area contributed by atoms with Crippen LogP contribution in [0.15, 0.2) is 69.0 Å². The van der Waals surface area contributed by atoms with Crippen LogP contribution in [0.25, 0.3) is 21.7 Å². The molecule has 0 N–H and O–H groups in total. The van der Waals surface area contributed by atoms with Crippen LogP contribution < -0.4 is 10.3 Å². The van der Waals surface area contributed by atoms with Crippen LogP contribution in [0.3, 0.4) is 0 Å². The Morgan fingerprint density at radius 2 is 1.88 bits per heavy atom. The van der Waals surface area contributed by atoms with Crippen molar-refractivity contribution >= 4 is 43.8 Å². The first-order valence-corrected chi connectivity index (χ1v) is 12.5. The third-order valence-corrected chi connectivity index (χ3v) is 6.02. The molecule has 0 aliphatic heterocycles. The van der Waals surface area contributed by atoms with Crippen LogP contribution in [0.4, 0.5) is 0 Å². The van der Waals surface area contributed by atoms with Gasteiger partial charge in [0.1, 0.15) is 11.6 Å². The van der Waals surface area contributed by atoms with E-state index in [0.29, 0.717) is 29.8 Å². The molecule has 6 heteroatoms. The van der Waals surface area contributed by atoms with Gasteiger partial charge in [-0.15, -0.1) is 0 Å². The van der Waals surface area contributed by atoms with Crippen LogP contribution in [-0.2, 0) is 6.42 Å². The lowest BCUT2D eigenvalue weighted by atomic mass is 9.98. The maximum absolute atomic E-state index is 13.4. The van der Waals surface area contributed by atoms with Crippen molar-refractivity contribution in [3.8, 4) is 5.75 Å². The molecule has 0 amide bonds. The number of halogens is 1. The molecule has 1 heterocycles. The minimum atomic E-state index is -0.175. The summed E-state index contributed by atoms with van der Waals surface area (Å²) in [5, 5.41) is 7.34. The summed E-state index contributed by atoms with van der Waals surface area (Å²) in [5.74, 6) is 1.41. The molecule has 3 aromatic carbocycles. The number of hydrogen-bond acceptors (Lipinski definition) is 4. The predicted octanol–water partition coefficient (Wildman–Crippen LogP) is 6.96. The molecule has 0 saturated carbocycles. The zero-order valence-electron chi connectivity index (χ0n) is 20.1. The highest BCUT2D eigenvalue weighted by Crippen LogP contribution is 2.28. The summed E-state index contributed by atoms with van der Waals surface area (Å²) < 4.78 is 8.49. The minimum Gasteiger partial charge on any atom is -0.492 e. The molecule has 5 nitrogen and oxygen atoms in total. The molecule has 4 rings (SSSR count). The number of nitrogens with zero attached hydrogens (tertiary/aromatic N) is 3. The largest absolute Gasteiger partial charge is 0.492 e. The smallest absolute Gasteiger partial charge is 0.282 e. The lowest BCUT2D eigenvalue weighted by molar-refractivity contribution is 0.198. The lowest BCUT2D eigenvalue weighted by Crippen LogP contribution is -2.22. The van der Waals surface area contributed by atoms with Gasteiger partial charge >= 0.3 is 0 Å². The fourth-order valence-electron chi connectivity index (χ4n) is 3.75. The van der Waals surface area contributed by atoms with E-state index in [-0.39, 0.29) is 11.0 Å². The topological polar surface area (TPSA) is 56.5 Å². The fraction of sp³-hybridized carbons (Fsp3) is 0.321. The fourth-order valence-corrected chi connectivity index (χ4v) is 4.12. The summed E-state index contributed by atoms with van der Waals surface area (Å²) in [6.45, 7) is 9.11. The number of fused-ring (bicyclic) bond motifs is 2. The standard InChI is InChI=1S/C28H30BrN3O2/c1-5-6-11-26-31-24-14-13-20(29)16-22(24)27(33)32(26)30-17-23-21-10-8-7-9-19(21)12-15-25(23)34-18-28(2,3)4/h7-10,12-17H,5-6,11,18H2,1-4H3. The normalized spacial score (nSPS) is 12.1. The van der Waals surface area contributed by atoms with E-state index in [1.165, 1.54) is 4.68 Å². The Hall–Kier alpha value is -2.99. The minimum absolute atomic E-state index is 0.0139. The van der Waals surface area contributed by atoms with E-state index in [2.05, 4.69) is 66.9 Å². The summed E-state index contributed by atoms with van der Waals surface area (Å²) in [5.41, 5.74) is 1.38. The maximum atomic E-state index is 13.4. The summed E-state index contributed by atoms with van der Waals surface area (Å²) in [4.78, 5) is 18.2. The Kier molecular flexibility index (Phi) is 7.17. The second kappa shape index (κ2) is 10.1. The summed E-state index contributed by atoms with van der Waals surface area (Å²) in [6.07, 6.45) is 4.35. The van der Waals surface area contributed by atoms with Crippen LogP contribution in [-0.4, -0.2) is 22.5 Å². The van der Waals surface area contributed by atoms with E-state index < -0.39 is 0 Å². The van der Waals surface area contributed by atoms with Crippen molar-refractivity contribution in [1.82, 2.24) is 9.66 Å². The average molecular weight is 520 g/mol. The molecule has 1 aromatic heterocycles. The number of benzene rings is 3. The third kappa shape index (κ3) is 5.39. The molecule has 0 bridgehead atoms. The van der Waals surface area contributed by atoms with Crippen LogP contribution in [0.5, 0.6) is 5.75 Å². The van der Waals surface area contributed by atoms with Crippen molar-refractivity contribution in [3.63, 3.8) is 0 Å². The lowest BCUT2D eigenvalue weighted by Gasteiger charge is -2.20. The Morgan fingerprint density at radius 3 is 2.65 bits per heavy atom. The van der Waals surface area contributed by atoms with E-state index in [0.717, 1.165) is 39.4 Å². The first-order chi connectivity index (χ1) is 16.3. The molecular formula is C28H30BrN3O2. The van der Waals surface area contributed by atoms with Gasteiger partial charge in [0, 0.05) is 16.5 Å². The van der Waals surface area contributed by atoms with Gasteiger partial charge in [-0.05, 0) is 46.9 Å². The molecule has 4 aromatic rings. The van der Waals surface area contributed by atoms with Crippen LogP contribution in [0.1, 0.15) is 51.9 Å². The van der Waals surface area contributed by atoms with E-state index in [1.807, 2.05) is 30.3 Å². The molecule has 0 spiro atoms. The zero-order chi connectivity index (χ0) is 24.3. The molecular weight excluding hydrogens is 490 g/mol. The molecule has 0 saturated heterocycles. The van der Waals surface area contributed by atoms with Crippen molar-refractivity contribution in [3.05, 3.63) is 80.8 Å². The van der Waals surface area contributed by atoms with Gasteiger partial charge in [-0.3, -0.25) is 4.79 Å². The van der Waals surface area contributed by atoms with Crippen LogP contribution >= 0.6 is 15.9 Å². The van der Waals surface area contributed by atoms with Gasteiger partial charge < -0.3 is 4.74 Å². The van der Waals surface area contributed by atoms with Gasteiger partial charge in [-0.2, -0.15) is 9.78 Å². The summed E-state index contributed by atoms with van der Waals surface area (Å²) >= 11 is 3.47. The van der Waals surface area contributed by atoms with Gasteiger partial charge in [0.25, 0.3) is 5.56 Å². The van der Waals surface area contributed by atoms with Crippen molar-refractivity contribution in [1.29, 1.82) is 0 Å². The molecule has 0 radical (unpaired) electrons. The molecule has 0 aliphatic carbocycles. The zero-order valence-corrected chi connectivity index (χ0v) is 21.7. The molecule has 0 unspecified atom stereocenters. The highest BCUT2D eigenvalue weighted by Gasteiger charge is 2.15. The first-order valence-electron chi connectivity index (χ1n) is 11.7. The van der Waals surface area contributed by atoms with Crippen molar-refractivity contribution < 1.29 is 4.74 Å². The van der Waals surface area contributed by atoms with Crippen molar-refractivity contribution in [2.75, 3.05) is 6.61 Å². The quantitative estimate of drug-likeness (QED) is 0.248. The van der Waals surface area contributed by atoms with Gasteiger partial charge in [-0.1, -0.05) is 80.4 Å². The van der Waals surface area contributed by atoms with E-state index in [1.54, 1.807) is 12.3 Å². The Morgan fingerprint density at radius 1 is 1.09 bits per heavy atom. The second-order valence-electron chi connectivity index (χ2n) is 9.70. The first kappa shape index (κ1) is 24.1. The number of ether oxygens (including phenoxy) is 1. The van der Waals surface area contributed by atoms with Crippen molar-refractivity contribution in [2.45, 2.75) is 47.0 Å². The van der Waals surface area contributed by atoms with Gasteiger partial charge in [0.2, 0.25) is 0 Å². The summed E-state index contributed by atoms with van der Waals surface area (Å²) in [7, 11) is 0. The second-order valence-corrected chi connectivity index (χ2v) is 10.6. The Balaban J connectivity index is 1.87. The monoisotopic (exact) mass is 519 g/mol. The molecule has 0 aliphatic rings. The maximum Gasteiger partial charge on any atom is 0.282 e. The molecule has 0 atom stereocenters. The molecule has 0 fully saturated rings. The SMILES string of the molecule is CCCCc1nc2ccc(Br)cc2c(=O)n1N=Cc1c(OCC(C)(C)C)ccc2ccccc12. The Bertz CT molecular complexity index is 1420. The van der Waals surface area contributed by atoms with Crippen molar-refractivity contribution in [2.24, 2.45) is 10.5 Å². The third-order valence-electron chi connectivity index (χ3n) is 5.52. The number of rotatable bonds is 7. The van der Waals surface area contributed by atoms with E-state index in [9.17, 15) is 4.79 Å². The average Bonchev–Trinajstić information content (AvgIpc) is 2.81. The highest BCUT2D eigenvalue weighted by molar-refractivity contribution is 9.10. The van der Waals surface area contributed by atoms with Gasteiger partial charge in [0.15, 0.2) is 0 Å². The summed E-state index contributed by atoms with van der Waals surface area (Å²) in [6, 6.07) is 17.7. The van der Waals surface area contributed by atoms with E-state index >= 15 is 0 Å². The van der Waals surface area contributed by atoms with E-state index in [4.69, 9.17) is 9.72 Å². The number of aryl methyl sites for hydroxylation is 1. The predicted molar refractivity (Wildman–Crippen MR) is 144 cm³/mol. The molecule has 176 valence electrons. The molecule has 34 heavy (non-hydrogen) atoms. The van der Waals surface area contributed by atoms with Crippen LogP contribution in [0, 0.1) is 5.41 Å². The van der Waals surface area contributed by atoms with Gasteiger partial charge in [0.05, 0.1) is 23.7 Å². The number of hydrogen-bond donors (Lipinski definition) is 0. The highest BCUT2D eigenvalue weighted by atomic mass is 79.9. The Labute approximate surface area is 208 Å². The number of unbranched alkanes of at least 4 members (excludes halogenated alkanes) is 1. The van der Waals surface area contributed by atoms with Crippen LogP contribution in [0.2, 0.25) is 0 Å². The van der Waals surface area contributed by atoms with Gasteiger partial charge in [-0.25, -0.2) is 4.98 Å². The number of aromatic nitrogens is 2.